The summed E-state index contributed by atoms with van der Waals surface area (Å²) in [5.74, 6) is 0.549. The summed E-state index contributed by atoms with van der Waals surface area (Å²) in [4.78, 5) is 18.0. The number of aliphatic hydroxyl groups is 1. The molecule has 1 unspecified atom stereocenters. The predicted molar refractivity (Wildman–Crippen MR) is 127 cm³/mol. The number of guanidine groups is 1. The van der Waals surface area contributed by atoms with E-state index in [0.29, 0.717) is 38.8 Å². The van der Waals surface area contributed by atoms with E-state index < -0.39 is 5.60 Å². The predicted octanol–water partition coefficient (Wildman–Crippen LogP) is 1.40. The van der Waals surface area contributed by atoms with Crippen LogP contribution in [0.1, 0.15) is 26.3 Å². The smallest absolute Gasteiger partial charge is 0.221 e. The number of carbonyl (C=O) groups excluding carboxylic acids is 1. The molecule has 4 N–H and O–H groups in total. The van der Waals surface area contributed by atoms with Crippen molar-refractivity contribution in [1.82, 2.24) is 15.5 Å². The number of nitrogens with one attached hydrogen (secondary N) is 3. The summed E-state index contributed by atoms with van der Waals surface area (Å²) in [5.41, 5.74) is 0.869. The lowest BCUT2D eigenvalue weighted by Gasteiger charge is -2.34. The van der Waals surface area contributed by atoms with Crippen LogP contribution in [-0.4, -0.2) is 73.4 Å². The number of rotatable bonds is 8. The van der Waals surface area contributed by atoms with Gasteiger partial charge in [-0.15, -0.1) is 24.0 Å². The number of hydrogen-bond acceptors (Lipinski definition) is 5. The minimum absolute atomic E-state index is 0. The molecule has 2 rings (SSSR count). The van der Waals surface area contributed by atoms with Crippen molar-refractivity contribution < 1.29 is 14.6 Å². The number of β-amino-alcohol motifs (C(OH)–C–C–N with tert-alkyl or cyclic N) is 1. The number of aliphatic imine (C=N–C) groups is 1. The van der Waals surface area contributed by atoms with E-state index in [1.807, 2.05) is 38.1 Å². The van der Waals surface area contributed by atoms with E-state index in [4.69, 9.17) is 4.74 Å². The van der Waals surface area contributed by atoms with Crippen molar-refractivity contribution in [2.24, 2.45) is 4.99 Å². The monoisotopic (exact) mass is 519 g/mol. The first kappa shape index (κ1) is 25.6. The summed E-state index contributed by atoms with van der Waals surface area (Å²) in [5, 5.41) is 19.9. The lowest BCUT2D eigenvalue weighted by Crippen LogP contribution is -2.52. The summed E-state index contributed by atoms with van der Waals surface area (Å²) in [7, 11) is 0. The number of nitrogens with zero attached hydrogens (tertiary/aromatic N) is 2. The molecule has 0 aromatic heterocycles. The van der Waals surface area contributed by atoms with E-state index in [2.05, 4.69) is 25.8 Å². The SMILES string of the molecule is CCNC(=NCc1cccc(NC(C)=O)c1)NCC(C)(O)CN1CCOCC1.I. The van der Waals surface area contributed by atoms with Gasteiger partial charge in [0.25, 0.3) is 0 Å². The van der Waals surface area contributed by atoms with Crippen molar-refractivity contribution in [1.29, 1.82) is 0 Å². The van der Waals surface area contributed by atoms with Crippen molar-refractivity contribution in [3.63, 3.8) is 0 Å². The Bertz CT molecular complexity index is 663. The van der Waals surface area contributed by atoms with Gasteiger partial charge in [0, 0.05) is 45.3 Å². The van der Waals surface area contributed by atoms with Crippen LogP contribution in [0.3, 0.4) is 0 Å². The highest BCUT2D eigenvalue weighted by atomic mass is 127. The molecule has 1 saturated heterocycles. The van der Waals surface area contributed by atoms with E-state index in [1.54, 1.807) is 0 Å². The summed E-state index contributed by atoms with van der Waals surface area (Å²) in [6.07, 6.45) is 0. The highest BCUT2D eigenvalue weighted by molar-refractivity contribution is 14.0. The summed E-state index contributed by atoms with van der Waals surface area (Å²) in [6.45, 7) is 10.6. The molecule has 0 aliphatic carbocycles. The van der Waals surface area contributed by atoms with Crippen molar-refractivity contribution in [3.8, 4) is 0 Å². The van der Waals surface area contributed by atoms with Gasteiger partial charge in [0.2, 0.25) is 5.91 Å². The highest BCUT2D eigenvalue weighted by Gasteiger charge is 2.25. The Morgan fingerprint density at radius 1 is 1.31 bits per heavy atom. The molecule has 0 bridgehead atoms. The van der Waals surface area contributed by atoms with Crippen LogP contribution in [0.25, 0.3) is 0 Å². The van der Waals surface area contributed by atoms with E-state index in [9.17, 15) is 9.90 Å². The van der Waals surface area contributed by atoms with Crippen molar-refractivity contribution in [2.75, 3.05) is 51.3 Å². The normalized spacial score (nSPS) is 17.0. The molecule has 1 amide bonds. The molecule has 1 aromatic carbocycles. The molecule has 1 aliphatic rings. The first-order valence-corrected chi connectivity index (χ1v) is 9.79. The molecule has 0 saturated carbocycles. The third-order valence-corrected chi connectivity index (χ3v) is 4.32. The fourth-order valence-electron chi connectivity index (χ4n) is 3.03. The fourth-order valence-corrected chi connectivity index (χ4v) is 3.03. The zero-order chi connectivity index (χ0) is 20.4. The van der Waals surface area contributed by atoms with Gasteiger partial charge in [-0.3, -0.25) is 9.69 Å². The summed E-state index contributed by atoms with van der Waals surface area (Å²) in [6, 6.07) is 7.61. The van der Waals surface area contributed by atoms with Crippen molar-refractivity contribution in [2.45, 2.75) is 32.9 Å². The van der Waals surface area contributed by atoms with Gasteiger partial charge >= 0.3 is 0 Å². The lowest BCUT2D eigenvalue weighted by molar-refractivity contribution is -0.114. The van der Waals surface area contributed by atoms with Crippen LogP contribution in [0.15, 0.2) is 29.3 Å². The van der Waals surface area contributed by atoms with Crippen LogP contribution in [0.5, 0.6) is 0 Å². The average Bonchev–Trinajstić information content (AvgIpc) is 2.64. The zero-order valence-corrected chi connectivity index (χ0v) is 19.9. The second kappa shape index (κ2) is 13.0. The van der Waals surface area contributed by atoms with Gasteiger partial charge in [-0.1, -0.05) is 12.1 Å². The number of halogens is 1. The van der Waals surface area contributed by atoms with Crippen LogP contribution in [-0.2, 0) is 16.1 Å². The van der Waals surface area contributed by atoms with Gasteiger partial charge in [-0.2, -0.15) is 0 Å². The third kappa shape index (κ3) is 10.2. The first-order chi connectivity index (χ1) is 13.4. The molecule has 8 nitrogen and oxygen atoms in total. The van der Waals surface area contributed by atoms with Gasteiger partial charge in [0.15, 0.2) is 5.96 Å². The second-order valence-electron chi connectivity index (χ2n) is 7.32. The van der Waals surface area contributed by atoms with Crippen LogP contribution in [0, 0.1) is 0 Å². The molecule has 0 radical (unpaired) electrons. The number of morpholine rings is 1. The number of carbonyl (C=O) groups is 1. The zero-order valence-electron chi connectivity index (χ0n) is 17.5. The van der Waals surface area contributed by atoms with Gasteiger partial charge in [0.1, 0.15) is 0 Å². The van der Waals surface area contributed by atoms with Gasteiger partial charge < -0.3 is 25.8 Å². The maximum Gasteiger partial charge on any atom is 0.221 e. The first-order valence-electron chi connectivity index (χ1n) is 9.79. The van der Waals surface area contributed by atoms with E-state index in [1.165, 1.54) is 6.92 Å². The molecule has 29 heavy (non-hydrogen) atoms. The Kier molecular flexibility index (Phi) is 11.5. The topological polar surface area (TPSA) is 98.2 Å². The van der Waals surface area contributed by atoms with Crippen LogP contribution < -0.4 is 16.0 Å². The minimum Gasteiger partial charge on any atom is -0.387 e. The Balaban J connectivity index is 0.00000420. The molecular weight excluding hydrogens is 485 g/mol. The lowest BCUT2D eigenvalue weighted by atomic mass is 10.1. The molecule has 0 spiro atoms. The summed E-state index contributed by atoms with van der Waals surface area (Å²) >= 11 is 0. The minimum atomic E-state index is -0.876. The molecule has 1 heterocycles. The van der Waals surface area contributed by atoms with Gasteiger partial charge in [-0.05, 0) is 31.5 Å². The largest absolute Gasteiger partial charge is 0.387 e. The van der Waals surface area contributed by atoms with Gasteiger partial charge in [0.05, 0.1) is 25.4 Å². The highest BCUT2D eigenvalue weighted by Crippen LogP contribution is 2.12. The number of hydrogen-bond donors (Lipinski definition) is 4. The molecule has 1 atom stereocenters. The Morgan fingerprint density at radius 3 is 2.69 bits per heavy atom. The van der Waals surface area contributed by atoms with Crippen LogP contribution in [0.2, 0.25) is 0 Å². The quantitative estimate of drug-likeness (QED) is 0.236. The number of amides is 1. The third-order valence-electron chi connectivity index (χ3n) is 4.32. The Hall–Kier alpha value is -1.43. The van der Waals surface area contributed by atoms with Crippen molar-refractivity contribution in [3.05, 3.63) is 29.8 Å². The Labute approximate surface area is 190 Å². The van der Waals surface area contributed by atoms with Gasteiger partial charge in [-0.25, -0.2) is 4.99 Å². The second-order valence-corrected chi connectivity index (χ2v) is 7.32. The van der Waals surface area contributed by atoms with Crippen molar-refractivity contribution >= 4 is 41.5 Å². The molecule has 1 fully saturated rings. The molecule has 164 valence electrons. The average molecular weight is 519 g/mol. The van der Waals surface area contributed by atoms with E-state index >= 15 is 0 Å². The fraction of sp³-hybridized carbons (Fsp3) is 0.600. The van der Waals surface area contributed by atoms with E-state index in [-0.39, 0.29) is 29.9 Å². The number of benzene rings is 1. The maximum atomic E-state index is 11.2. The number of anilines is 1. The maximum absolute atomic E-state index is 11.2. The Morgan fingerprint density at radius 2 is 2.03 bits per heavy atom. The standard InChI is InChI=1S/C20H33N5O3.HI/c1-4-21-19(22-13-17-6-5-7-18(12-17)24-16(2)26)23-14-20(3,27)15-25-8-10-28-11-9-25;/h5-7,12,27H,4,8-11,13-15H2,1-3H3,(H,24,26)(H2,21,22,23);1H. The molecule has 9 heteroatoms. The van der Waals surface area contributed by atoms with E-state index in [0.717, 1.165) is 30.9 Å². The molecular formula is C20H34IN5O3. The van der Waals surface area contributed by atoms with Crippen LogP contribution in [0.4, 0.5) is 5.69 Å². The molecule has 1 aromatic rings. The summed E-state index contributed by atoms with van der Waals surface area (Å²) < 4.78 is 5.36. The number of ether oxygens (including phenoxy) is 1. The van der Waals surface area contributed by atoms with Crippen LogP contribution >= 0.6 is 24.0 Å². The molecule has 1 aliphatic heterocycles.